The van der Waals surface area contributed by atoms with E-state index in [-0.39, 0.29) is 16.5 Å². The third-order valence-electron chi connectivity index (χ3n) is 4.05. The number of nitrogens with zero attached hydrogens (tertiary/aromatic N) is 3. The van der Waals surface area contributed by atoms with Gasteiger partial charge in [-0.15, -0.1) is 0 Å². The third kappa shape index (κ3) is 3.52. The molecule has 142 valence electrons. The summed E-state index contributed by atoms with van der Waals surface area (Å²) < 4.78 is 47.7. The predicted molar refractivity (Wildman–Crippen MR) is 91.3 cm³/mol. The number of hydrogen-bond acceptors (Lipinski definition) is 6. The molecular weight excluding hydrogens is 387 g/mol. The zero-order valence-electron chi connectivity index (χ0n) is 13.8. The van der Waals surface area contributed by atoms with E-state index in [1.165, 1.54) is 12.3 Å². The van der Waals surface area contributed by atoms with E-state index in [1.807, 2.05) is 0 Å². The molecule has 1 aromatic heterocycles. The minimum absolute atomic E-state index is 0.0600. The second kappa shape index (κ2) is 6.69. The first-order chi connectivity index (χ1) is 12.6. The quantitative estimate of drug-likeness (QED) is 0.826. The first-order valence-electron chi connectivity index (χ1n) is 7.57. The van der Waals surface area contributed by atoms with E-state index >= 15 is 0 Å². The Morgan fingerprint density at radius 2 is 2.07 bits per heavy atom. The van der Waals surface area contributed by atoms with E-state index < -0.39 is 41.4 Å². The van der Waals surface area contributed by atoms with Gasteiger partial charge in [-0.3, -0.25) is 4.79 Å². The van der Waals surface area contributed by atoms with Gasteiger partial charge in [-0.05, 0) is 25.1 Å². The minimum atomic E-state index is -3.53. The number of nitrogens with one attached hydrogen (secondary N) is 1. The first kappa shape index (κ1) is 18.9. The van der Waals surface area contributed by atoms with Crippen LogP contribution in [0.5, 0.6) is 0 Å². The molecule has 0 aliphatic carbocycles. The lowest BCUT2D eigenvalue weighted by Crippen LogP contribution is -2.51. The summed E-state index contributed by atoms with van der Waals surface area (Å²) in [5.41, 5.74) is 2.65. The summed E-state index contributed by atoms with van der Waals surface area (Å²) in [5, 5.41) is 2.53. The van der Waals surface area contributed by atoms with Gasteiger partial charge in [-0.1, -0.05) is 11.6 Å². The fraction of sp³-hybridized carbons (Fsp3) is 0.250. The molecule has 1 aliphatic rings. The van der Waals surface area contributed by atoms with Gasteiger partial charge in [0.15, 0.2) is 12.1 Å². The second-order valence-electron chi connectivity index (χ2n) is 5.89. The molecule has 0 saturated carbocycles. The highest BCUT2D eigenvalue weighted by molar-refractivity contribution is 6.29. The molecule has 1 amide bonds. The number of carbonyl (C=O) groups excluding carboxylic acids is 1. The molecule has 0 radical (unpaired) electrons. The topological polar surface area (TPSA) is 102 Å². The Labute approximate surface area is 156 Å². The maximum absolute atomic E-state index is 14.4. The van der Waals surface area contributed by atoms with Crippen molar-refractivity contribution in [2.24, 2.45) is 10.7 Å². The van der Waals surface area contributed by atoms with Crippen molar-refractivity contribution in [2.45, 2.75) is 18.4 Å². The summed E-state index contributed by atoms with van der Waals surface area (Å²) in [5.74, 6) is -5.13. The smallest absolute Gasteiger partial charge is 0.310 e. The average Bonchev–Trinajstić information content (AvgIpc) is 2.61. The van der Waals surface area contributed by atoms with Gasteiger partial charge in [0, 0.05) is 11.3 Å². The highest BCUT2D eigenvalue weighted by Crippen LogP contribution is 2.44. The van der Waals surface area contributed by atoms with Crippen LogP contribution in [-0.4, -0.2) is 34.4 Å². The second-order valence-corrected chi connectivity index (χ2v) is 6.28. The first-order valence-corrected chi connectivity index (χ1v) is 7.95. The Morgan fingerprint density at radius 3 is 2.74 bits per heavy atom. The Bertz CT molecular complexity index is 923. The van der Waals surface area contributed by atoms with Gasteiger partial charge < -0.3 is 15.8 Å². The van der Waals surface area contributed by atoms with Gasteiger partial charge in [-0.2, -0.15) is 8.78 Å². The van der Waals surface area contributed by atoms with E-state index in [9.17, 15) is 18.0 Å². The van der Waals surface area contributed by atoms with Crippen LogP contribution >= 0.6 is 11.6 Å². The summed E-state index contributed by atoms with van der Waals surface area (Å²) >= 11 is 5.60. The van der Waals surface area contributed by atoms with Crippen molar-refractivity contribution in [1.82, 2.24) is 9.97 Å². The Morgan fingerprint density at radius 1 is 1.33 bits per heavy atom. The third-order valence-corrected chi connectivity index (χ3v) is 4.24. The lowest BCUT2D eigenvalue weighted by Gasteiger charge is -2.37. The highest BCUT2D eigenvalue weighted by atomic mass is 35.5. The van der Waals surface area contributed by atoms with Crippen molar-refractivity contribution >= 4 is 29.2 Å². The van der Waals surface area contributed by atoms with Crippen LogP contribution in [0.4, 0.5) is 18.9 Å². The van der Waals surface area contributed by atoms with Crippen LogP contribution in [0.3, 0.4) is 0 Å². The normalized spacial score (nSPS) is 21.1. The molecule has 3 N–H and O–H groups in total. The molecule has 2 heterocycles. The van der Waals surface area contributed by atoms with Crippen LogP contribution in [0.1, 0.15) is 23.0 Å². The van der Waals surface area contributed by atoms with Crippen LogP contribution in [0, 0.1) is 5.82 Å². The Balaban J connectivity index is 1.96. The number of halogens is 4. The molecule has 27 heavy (non-hydrogen) atoms. The molecule has 1 atom stereocenters. The summed E-state index contributed by atoms with van der Waals surface area (Å²) in [4.78, 5) is 23.3. The number of aromatic nitrogens is 2. The van der Waals surface area contributed by atoms with Crippen molar-refractivity contribution in [3.8, 4) is 0 Å². The number of alkyl halides is 2. The molecule has 11 heteroatoms. The Kier molecular flexibility index (Phi) is 4.68. The summed E-state index contributed by atoms with van der Waals surface area (Å²) in [6.45, 7) is -0.00765. The molecule has 0 saturated heterocycles. The van der Waals surface area contributed by atoms with Crippen LogP contribution < -0.4 is 11.1 Å². The van der Waals surface area contributed by atoms with Crippen LogP contribution in [0.15, 0.2) is 35.6 Å². The largest absolute Gasteiger partial charge is 0.459 e. The van der Waals surface area contributed by atoms with Crippen LogP contribution in [-0.2, 0) is 10.3 Å². The monoisotopic (exact) mass is 399 g/mol. The number of amides is 1. The fourth-order valence-electron chi connectivity index (χ4n) is 2.50. The highest BCUT2D eigenvalue weighted by Gasteiger charge is 2.56. The van der Waals surface area contributed by atoms with Crippen molar-refractivity contribution < 1.29 is 22.7 Å². The van der Waals surface area contributed by atoms with Crippen molar-refractivity contribution in [3.63, 3.8) is 0 Å². The number of benzene rings is 1. The van der Waals surface area contributed by atoms with Crippen molar-refractivity contribution in [3.05, 3.63) is 52.8 Å². The zero-order valence-corrected chi connectivity index (χ0v) is 14.6. The van der Waals surface area contributed by atoms with Gasteiger partial charge in [-0.25, -0.2) is 19.4 Å². The average molecular weight is 400 g/mol. The summed E-state index contributed by atoms with van der Waals surface area (Å²) in [6, 6.07) is 2.75. The maximum atomic E-state index is 14.4. The lowest BCUT2D eigenvalue weighted by atomic mass is 9.85. The Hall–Kier alpha value is -2.88. The van der Waals surface area contributed by atoms with Gasteiger partial charge in [0.05, 0.1) is 12.4 Å². The molecule has 0 bridgehead atoms. The number of hydrogen-bond donors (Lipinski definition) is 2. The number of anilines is 1. The lowest BCUT2D eigenvalue weighted by molar-refractivity contribution is -0.117. The molecule has 7 nitrogen and oxygen atoms in total. The van der Waals surface area contributed by atoms with Crippen LogP contribution in [0.2, 0.25) is 5.15 Å². The van der Waals surface area contributed by atoms with Gasteiger partial charge in [0.2, 0.25) is 0 Å². The number of ether oxygens (including phenoxy) is 1. The summed E-state index contributed by atoms with van der Waals surface area (Å²) in [6.07, 6.45) is 2.31. The predicted octanol–water partition coefficient (Wildman–Crippen LogP) is 2.72. The molecule has 1 aromatic carbocycles. The number of rotatable bonds is 3. The molecule has 3 rings (SSSR count). The fourth-order valence-corrected chi connectivity index (χ4v) is 2.60. The van der Waals surface area contributed by atoms with Crippen molar-refractivity contribution in [1.29, 1.82) is 0 Å². The number of nitrogens with two attached hydrogens (primary N) is 1. The zero-order chi connectivity index (χ0) is 19.8. The molecule has 2 aromatic rings. The van der Waals surface area contributed by atoms with Gasteiger partial charge >= 0.3 is 5.92 Å². The van der Waals surface area contributed by atoms with E-state index in [0.717, 1.165) is 25.3 Å². The molecule has 1 aliphatic heterocycles. The SMILES string of the molecule is CC1(c2cc(NC(=O)c3cnc(Cl)cn3)ccc2F)N=C(N)OCC1(F)F. The maximum Gasteiger partial charge on any atom is 0.310 e. The number of amidine groups is 1. The standard InChI is InChI=1S/C16H13ClF3N5O2/c1-15(16(19,20)7-27-14(21)25-15)9-4-8(2-3-10(9)18)24-13(26)11-5-23-12(17)6-22-11/h2-6H,7H2,1H3,(H2,21,25)(H,24,26). The van der Waals surface area contributed by atoms with E-state index in [4.69, 9.17) is 17.3 Å². The molecule has 0 fully saturated rings. The van der Waals surface area contributed by atoms with Gasteiger partial charge in [0.25, 0.3) is 11.9 Å². The van der Waals surface area contributed by atoms with E-state index in [1.54, 1.807) is 0 Å². The van der Waals surface area contributed by atoms with E-state index in [2.05, 4.69) is 25.0 Å². The van der Waals surface area contributed by atoms with E-state index in [0.29, 0.717) is 0 Å². The number of carbonyl (C=O) groups is 1. The molecule has 1 unspecified atom stereocenters. The summed E-state index contributed by atoms with van der Waals surface area (Å²) in [7, 11) is 0. The van der Waals surface area contributed by atoms with Crippen molar-refractivity contribution in [2.75, 3.05) is 11.9 Å². The molecule has 0 spiro atoms. The number of aliphatic imine (C=N–C) groups is 1. The minimum Gasteiger partial charge on any atom is -0.459 e. The van der Waals surface area contributed by atoms with Gasteiger partial charge in [0.1, 0.15) is 16.7 Å². The molecular formula is C16H13ClF3N5O2. The van der Waals surface area contributed by atoms with Crippen LogP contribution in [0.25, 0.3) is 0 Å².